The van der Waals surface area contributed by atoms with Crippen LogP contribution in [0, 0.1) is 0 Å². The van der Waals surface area contributed by atoms with Gasteiger partial charge in [-0.05, 0) is 49.6 Å². The molecule has 0 amide bonds. The van der Waals surface area contributed by atoms with Crippen LogP contribution in [0.25, 0.3) is 0 Å². The van der Waals surface area contributed by atoms with Crippen molar-refractivity contribution in [2.24, 2.45) is 0 Å². The fourth-order valence-corrected chi connectivity index (χ4v) is 2.88. The van der Waals surface area contributed by atoms with E-state index in [0.717, 1.165) is 22.8 Å². The molecule has 0 aromatic heterocycles. The number of hydrogen-bond donors (Lipinski definition) is 0. The van der Waals surface area contributed by atoms with Crippen molar-refractivity contribution in [3.8, 4) is 5.75 Å². The third-order valence-electron chi connectivity index (χ3n) is 2.95. The lowest BCUT2D eigenvalue weighted by molar-refractivity contribution is 0.242. The highest BCUT2D eigenvalue weighted by Gasteiger charge is 2.11. The average molecular weight is 354 g/mol. The lowest BCUT2D eigenvalue weighted by atomic mass is 10.0. The first-order valence-electron chi connectivity index (χ1n) is 6.70. The SMILES string of the molecule is CC(C)Oc1cccc(C(Br)Cc2ccccc2Cl)c1. The van der Waals surface area contributed by atoms with E-state index < -0.39 is 0 Å². The minimum absolute atomic E-state index is 0.183. The highest BCUT2D eigenvalue weighted by Crippen LogP contribution is 2.31. The molecule has 0 fully saturated rings. The summed E-state index contributed by atoms with van der Waals surface area (Å²) in [6, 6.07) is 16.1. The van der Waals surface area contributed by atoms with E-state index in [-0.39, 0.29) is 10.9 Å². The van der Waals surface area contributed by atoms with Crippen molar-refractivity contribution in [1.82, 2.24) is 0 Å². The van der Waals surface area contributed by atoms with Gasteiger partial charge in [0.1, 0.15) is 5.75 Å². The van der Waals surface area contributed by atoms with Crippen LogP contribution >= 0.6 is 27.5 Å². The fraction of sp³-hybridized carbons (Fsp3) is 0.294. The molecule has 0 aliphatic rings. The summed E-state index contributed by atoms with van der Waals surface area (Å²) < 4.78 is 5.73. The first-order valence-corrected chi connectivity index (χ1v) is 7.99. The third-order valence-corrected chi connectivity index (χ3v) is 4.17. The van der Waals surface area contributed by atoms with Crippen LogP contribution in [-0.2, 0) is 6.42 Å². The smallest absolute Gasteiger partial charge is 0.119 e. The molecule has 0 radical (unpaired) electrons. The largest absolute Gasteiger partial charge is 0.491 e. The van der Waals surface area contributed by atoms with E-state index in [1.807, 2.05) is 44.2 Å². The second-order valence-electron chi connectivity index (χ2n) is 5.00. The molecule has 0 aliphatic carbocycles. The lowest BCUT2D eigenvalue weighted by Gasteiger charge is -2.14. The number of halogens is 2. The van der Waals surface area contributed by atoms with Gasteiger partial charge in [0.05, 0.1) is 6.10 Å². The number of rotatable bonds is 5. The van der Waals surface area contributed by atoms with Crippen LogP contribution in [0.3, 0.4) is 0 Å². The molecule has 0 aliphatic heterocycles. The van der Waals surface area contributed by atoms with Crippen LogP contribution in [0.2, 0.25) is 5.02 Å². The molecule has 2 rings (SSSR count). The van der Waals surface area contributed by atoms with Gasteiger partial charge in [-0.3, -0.25) is 0 Å². The Morgan fingerprint density at radius 3 is 2.55 bits per heavy atom. The Balaban J connectivity index is 2.13. The van der Waals surface area contributed by atoms with Gasteiger partial charge in [-0.2, -0.15) is 0 Å². The summed E-state index contributed by atoms with van der Waals surface area (Å²) >= 11 is 9.95. The molecular weight excluding hydrogens is 336 g/mol. The predicted octanol–water partition coefficient (Wildman–Crippen LogP) is 5.81. The van der Waals surface area contributed by atoms with Crippen molar-refractivity contribution in [1.29, 1.82) is 0 Å². The Hall–Kier alpha value is -0.990. The maximum Gasteiger partial charge on any atom is 0.119 e. The molecule has 0 saturated heterocycles. The molecular formula is C17H18BrClO. The maximum atomic E-state index is 6.21. The predicted molar refractivity (Wildman–Crippen MR) is 89.0 cm³/mol. The first-order chi connectivity index (χ1) is 9.56. The summed E-state index contributed by atoms with van der Waals surface area (Å²) in [6.07, 6.45) is 1.03. The second-order valence-corrected chi connectivity index (χ2v) is 6.51. The Bertz CT molecular complexity index is 568. The zero-order valence-corrected chi connectivity index (χ0v) is 14.0. The van der Waals surface area contributed by atoms with Crippen molar-refractivity contribution >= 4 is 27.5 Å². The zero-order valence-electron chi connectivity index (χ0n) is 11.6. The van der Waals surface area contributed by atoms with E-state index in [1.54, 1.807) is 0 Å². The molecule has 0 bridgehead atoms. The average Bonchev–Trinajstić information content (AvgIpc) is 2.41. The van der Waals surface area contributed by atoms with Crippen LogP contribution in [0.4, 0.5) is 0 Å². The normalized spacial score (nSPS) is 12.4. The minimum atomic E-state index is 0.183. The molecule has 1 unspecified atom stereocenters. The third kappa shape index (κ3) is 4.26. The van der Waals surface area contributed by atoms with Gasteiger partial charge in [-0.25, -0.2) is 0 Å². The van der Waals surface area contributed by atoms with Crippen molar-refractivity contribution in [3.05, 3.63) is 64.7 Å². The Kier molecular flexibility index (Phi) is 5.50. The van der Waals surface area contributed by atoms with Gasteiger partial charge in [0.25, 0.3) is 0 Å². The van der Waals surface area contributed by atoms with Crippen LogP contribution in [0.15, 0.2) is 48.5 Å². The highest BCUT2D eigenvalue weighted by atomic mass is 79.9. The minimum Gasteiger partial charge on any atom is -0.491 e. The molecule has 0 heterocycles. The monoisotopic (exact) mass is 352 g/mol. The van der Waals surface area contributed by atoms with Crippen molar-refractivity contribution in [2.75, 3.05) is 0 Å². The number of ether oxygens (including phenoxy) is 1. The van der Waals surface area contributed by atoms with Gasteiger partial charge in [0, 0.05) is 9.85 Å². The van der Waals surface area contributed by atoms with Crippen LogP contribution in [0.1, 0.15) is 29.8 Å². The van der Waals surface area contributed by atoms with Gasteiger partial charge >= 0.3 is 0 Å². The standard InChI is InChI=1S/C17H18BrClO/c1-12(2)20-15-8-5-7-13(10-15)16(18)11-14-6-3-4-9-17(14)19/h3-10,12,16H,11H2,1-2H3. The molecule has 1 atom stereocenters. The van der Waals surface area contributed by atoms with Crippen LogP contribution in [-0.4, -0.2) is 6.10 Å². The van der Waals surface area contributed by atoms with Crippen LogP contribution < -0.4 is 4.74 Å². The van der Waals surface area contributed by atoms with Gasteiger partial charge in [-0.1, -0.05) is 57.9 Å². The fourth-order valence-electron chi connectivity index (χ4n) is 2.03. The van der Waals surface area contributed by atoms with E-state index in [9.17, 15) is 0 Å². The molecule has 1 nitrogen and oxygen atoms in total. The lowest BCUT2D eigenvalue weighted by Crippen LogP contribution is -2.06. The van der Waals surface area contributed by atoms with Crippen LogP contribution in [0.5, 0.6) is 5.75 Å². The Morgan fingerprint density at radius 1 is 1.10 bits per heavy atom. The topological polar surface area (TPSA) is 9.23 Å². The van der Waals surface area contributed by atoms with Crippen molar-refractivity contribution in [2.45, 2.75) is 31.2 Å². The van der Waals surface area contributed by atoms with Gasteiger partial charge in [0.15, 0.2) is 0 Å². The molecule has 2 aromatic rings. The van der Waals surface area contributed by atoms with E-state index in [1.165, 1.54) is 5.56 Å². The molecule has 0 N–H and O–H groups in total. The number of hydrogen-bond acceptors (Lipinski definition) is 1. The Labute approximate surface area is 134 Å². The quantitative estimate of drug-likeness (QED) is 0.617. The number of benzene rings is 2. The summed E-state index contributed by atoms with van der Waals surface area (Å²) in [5, 5.41) is 0.812. The van der Waals surface area contributed by atoms with E-state index >= 15 is 0 Å². The summed E-state index contributed by atoms with van der Waals surface area (Å²) in [7, 11) is 0. The molecule has 0 saturated carbocycles. The molecule has 106 valence electrons. The molecule has 3 heteroatoms. The summed E-state index contributed by atoms with van der Waals surface area (Å²) in [6.45, 7) is 4.06. The number of alkyl halides is 1. The summed E-state index contributed by atoms with van der Waals surface area (Å²) in [5.41, 5.74) is 2.34. The molecule has 0 spiro atoms. The van der Waals surface area contributed by atoms with Gasteiger partial charge in [0.2, 0.25) is 0 Å². The van der Waals surface area contributed by atoms with Crippen molar-refractivity contribution in [3.63, 3.8) is 0 Å². The van der Waals surface area contributed by atoms with Gasteiger partial charge in [-0.15, -0.1) is 0 Å². The molecule has 20 heavy (non-hydrogen) atoms. The summed E-state index contributed by atoms with van der Waals surface area (Å²) in [4.78, 5) is 0.220. The van der Waals surface area contributed by atoms with E-state index in [0.29, 0.717) is 0 Å². The highest BCUT2D eigenvalue weighted by molar-refractivity contribution is 9.09. The maximum absolute atomic E-state index is 6.21. The second kappa shape index (κ2) is 7.14. The first kappa shape index (κ1) is 15.4. The zero-order chi connectivity index (χ0) is 14.5. The van der Waals surface area contributed by atoms with E-state index in [4.69, 9.17) is 16.3 Å². The Morgan fingerprint density at radius 2 is 1.85 bits per heavy atom. The summed E-state index contributed by atoms with van der Waals surface area (Å²) in [5.74, 6) is 0.904. The van der Waals surface area contributed by atoms with Crippen molar-refractivity contribution < 1.29 is 4.74 Å². The van der Waals surface area contributed by atoms with E-state index in [2.05, 4.69) is 34.1 Å². The van der Waals surface area contributed by atoms with Gasteiger partial charge < -0.3 is 4.74 Å². The molecule has 2 aromatic carbocycles.